The van der Waals surface area contributed by atoms with E-state index in [9.17, 15) is 0 Å². The van der Waals surface area contributed by atoms with Gasteiger partial charge in [0.2, 0.25) is 0 Å². The van der Waals surface area contributed by atoms with Crippen LogP contribution < -0.4 is 5.32 Å². The molecule has 3 nitrogen and oxygen atoms in total. The maximum Gasteiger partial charge on any atom is 0.126 e. The van der Waals surface area contributed by atoms with E-state index in [-0.39, 0.29) is 0 Å². The molecule has 1 aliphatic rings. The van der Waals surface area contributed by atoms with Gasteiger partial charge < -0.3 is 5.32 Å². The van der Waals surface area contributed by atoms with Gasteiger partial charge in [-0.25, -0.2) is 9.97 Å². The standard InChI is InChI=1S/C16H21N3S/c1-12-6-4-9-15(18-12)17-11-5-10-16-19-13-7-2-3-8-14(13)20-16/h4,6,9H,2-3,5,7-8,10-11H2,1H3,(H,17,18). The van der Waals surface area contributed by atoms with Gasteiger partial charge >= 0.3 is 0 Å². The van der Waals surface area contributed by atoms with Crippen LogP contribution in [0, 0.1) is 6.92 Å². The maximum atomic E-state index is 4.78. The Morgan fingerprint density at radius 3 is 2.95 bits per heavy atom. The molecular formula is C16H21N3S. The molecule has 106 valence electrons. The minimum absolute atomic E-state index is 0.959. The highest BCUT2D eigenvalue weighted by Crippen LogP contribution is 2.27. The molecule has 2 heterocycles. The summed E-state index contributed by atoms with van der Waals surface area (Å²) in [4.78, 5) is 10.8. The van der Waals surface area contributed by atoms with E-state index in [0.29, 0.717) is 0 Å². The third kappa shape index (κ3) is 3.37. The van der Waals surface area contributed by atoms with Crippen LogP contribution in [0.2, 0.25) is 0 Å². The Bertz CT molecular complexity index is 553. The number of rotatable bonds is 5. The fourth-order valence-electron chi connectivity index (χ4n) is 2.61. The van der Waals surface area contributed by atoms with Gasteiger partial charge in [-0.15, -0.1) is 11.3 Å². The number of hydrogen-bond donors (Lipinski definition) is 1. The molecule has 2 aromatic heterocycles. The molecule has 0 radical (unpaired) electrons. The smallest absolute Gasteiger partial charge is 0.126 e. The van der Waals surface area contributed by atoms with Crippen LogP contribution in [0.25, 0.3) is 0 Å². The summed E-state index contributed by atoms with van der Waals surface area (Å²) in [5.41, 5.74) is 2.44. The zero-order valence-corrected chi connectivity index (χ0v) is 12.8. The molecule has 3 rings (SSSR count). The molecule has 0 saturated carbocycles. The Balaban J connectivity index is 1.47. The Hall–Kier alpha value is -1.42. The molecule has 20 heavy (non-hydrogen) atoms. The molecule has 1 N–H and O–H groups in total. The average Bonchev–Trinajstić information content (AvgIpc) is 2.86. The lowest BCUT2D eigenvalue weighted by atomic mass is 10.0. The number of pyridine rings is 1. The average molecular weight is 287 g/mol. The maximum absolute atomic E-state index is 4.78. The lowest BCUT2D eigenvalue weighted by Crippen LogP contribution is -2.05. The number of anilines is 1. The summed E-state index contributed by atoms with van der Waals surface area (Å²) in [5.74, 6) is 0.975. The van der Waals surface area contributed by atoms with Crippen LogP contribution in [-0.2, 0) is 19.3 Å². The van der Waals surface area contributed by atoms with E-state index in [1.807, 2.05) is 36.5 Å². The second-order valence-corrected chi connectivity index (χ2v) is 6.55. The first-order chi connectivity index (χ1) is 9.81. The molecule has 0 saturated heterocycles. The van der Waals surface area contributed by atoms with Crippen molar-refractivity contribution in [2.75, 3.05) is 11.9 Å². The normalized spacial score (nSPS) is 14.1. The molecule has 0 spiro atoms. The lowest BCUT2D eigenvalue weighted by molar-refractivity contribution is 0.679. The van der Waals surface area contributed by atoms with Crippen molar-refractivity contribution in [1.29, 1.82) is 0 Å². The van der Waals surface area contributed by atoms with E-state index in [1.165, 1.54) is 36.4 Å². The molecule has 0 atom stereocenters. The number of thiazole rings is 1. The Morgan fingerprint density at radius 2 is 2.10 bits per heavy atom. The number of nitrogens with one attached hydrogen (secondary N) is 1. The first-order valence-electron chi connectivity index (χ1n) is 7.46. The van der Waals surface area contributed by atoms with E-state index in [0.717, 1.165) is 30.9 Å². The highest BCUT2D eigenvalue weighted by atomic mass is 32.1. The van der Waals surface area contributed by atoms with E-state index in [4.69, 9.17) is 4.98 Å². The number of aryl methyl sites for hydroxylation is 4. The van der Waals surface area contributed by atoms with Gasteiger partial charge in [-0.1, -0.05) is 6.07 Å². The SMILES string of the molecule is Cc1cccc(NCCCc2nc3c(s2)CCCC3)n1. The number of hydrogen-bond acceptors (Lipinski definition) is 4. The van der Waals surface area contributed by atoms with Crippen LogP contribution in [0.15, 0.2) is 18.2 Å². The van der Waals surface area contributed by atoms with E-state index in [2.05, 4.69) is 10.3 Å². The van der Waals surface area contributed by atoms with E-state index >= 15 is 0 Å². The molecule has 0 aromatic carbocycles. The molecule has 4 heteroatoms. The zero-order valence-electron chi connectivity index (χ0n) is 12.0. The minimum atomic E-state index is 0.959. The van der Waals surface area contributed by atoms with Gasteiger partial charge in [-0.05, 0) is 51.2 Å². The molecular weight excluding hydrogens is 266 g/mol. The van der Waals surface area contributed by atoms with Gasteiger partial charge in [-0.2, -0.15) is 0 Å². The Morgan fingerprint density at radius 1 is 1.20 bits per heavy atom. The van der Waals surface area contributed by atoms with Crippen LogP contribution in [-0.4, -0.2) is 16.5 Å². The van der Waals surface area contributed by atoms with Gasteiger partial charge in [-0.3, -0.25) is 0 Å². The van der Waals surface area contributed by atoms with Crippen molar-refractivity contribution < 1.29 is 0 Å². The molecule has 0 bridgehead atoms. The van der Waals surface area contributed by atoms with Crippen LogP contribution >= 0.6 is 11.3 Å². The largest absolute Gasteiger partial charge is 0.370 e. The Labute approximate surface area is 124 Å². The highest BCUT2D eigenvalue weighted by Gasteiger charge is 2.14. The van der Waals surface area contributed by atoms with E-state index < -0.39 is 0 Å². The van der Waals surface area contributed by atoms with Crippen molar-refractivity contribution in [3.05, 3.63) is 39.5 Å². The van der Waals surface area contributed by atoms with E-state index in [1.54, 1.807) is 4.88 Å². The highest BCUT2D eigenvalue weighted by molar-refractivity contribution is 7.11. The summed E-state index contributed by atoms with van der Waals surface area (Å²) in [6.45, 7) is 2.98. The quantitative estimate of drug-likeness (QED) is 0.851. The van der Waals surface area contributed by atoms with Crippen molar-refractivity contribution >= 4 is 17.2 Å². The summed E-state index contributed by atoms with van der Waals surface area (Å²) < 4.78 is 0. The molecule has 0 amide bonds. The summed E-state index contributed by atoms with van der Waals surface area (Å²) in [6.07, 6.45) is 7.29. The van der Waals surface area contributed by atoms with Crippen LogP contribution in [0.4, 0.5) is 5.82 Å². The molecule has 2 aromatic rings. The molecule has 1 aliphatic carbocycles. The molecule has 0 aliphatic heterocycles. The van der Waals surface area contributed by atoms with Crippen LogP contribution in [0.5, 0.6) is 0 Å². The predicted molar refractivity (Wildman–Crippen MR) is 84.5 cm³/mol. The van der Waals surface area contributed by atoms with Gasteiger partial charge in [0.05, 0.1) is 10.7 Å². The lowest BCUT2D eigenvalue weighted by Gasteiger charge is -2.06. The second-order valence-electron chi connectivity index (χ2n) is 5.38. The van der Waals surface area contributed by atoms with Crippen molar-refractivity contribution in [2.24, 2.45) is 0 Å². The fourth-order valence-corrected chi connectivity index (χ4v) is 3.81. The summed E-state index contributed by atoms with van der Waals surface area (Å²) in [7, 11) is 0. The van der Waals surface area contributed by atoms with Gasteiger partial charge in [0.25, 0.3) is 0 Å². The van der Waals surface area contributed by atoms with Crippen molar-refractivity contribution in [3.63, 3.8) is 0 Å². The van der Waals surface area contributed by atoms with Crippen molar-refractivity contribution in [2.45, 2.75) is 45.4 Å². The number of aromatic nitrogens is 2. The van der Waals surface area contributed by atoms with Crippen LogP contribution in [0.3, 0.4) is 0 Å². The third-order valence-corrected chi connectivity index (χ3v) is 4.87. The summed E-state index contributed by atoms with van der Waals surface area (Å²) >= 11 is 1.93. The minimum Gasteiger partial charge on any atom is -0.370 e. The number of nitrogens with zero attached hydrogens (tertiary/aromatic N) is 2. The first kappa shape index (κ1) is 13.6. The van der Waals surface area contributed by atoms with Gasteiger partial charge in [0.1, 0.15) is 5.82 Å². The second kappa shape index (κ2) is 6.35. The summed E-state index contributed by atoms with van der Waals surface area (Å²) in [6, 6.07) is 6.08. The number of fused-ring (bicyclic) bond motifs is 1. The van der Waals surface area contributed by atoms with Crippen LogP contribution in [0.1, 0.15) is 40.5 Å². The first-order valence-corrected chi connectivity index (χ1v) is 8.28. The summed E-state index contributed by atoms with van der Waals surface area (Å²) in [5, 5.41) is 4.70. The topological polar surface area (TPSA) is 37.8 Å². The predicted octanol–water partition coefficient (Wildman–Crippen LogP) is 3.77. The molecule has 0 fully saturated rings. The van der Waals surface area contributed by atoms with Crippen molar-refractivity contribution in [1.82, 2.24) is 9.97 Å². The molecule has 0 unspecified atom stereocenters. The monoisotopic (exact) mass is 287 g/mol. The zero-order chi connectivity index (χ0) is 13.8. The van der Waals surface area contributed by atoms with Gasteiger partial charge in [0.15, 0.2) is 0 Å². The Kier molecular flexibility index (Phi) is 4.31. The van der Waals surface area contributed by atoms with Gasteiger partial charge in [0, 0.05) is 23.5 Å². The third-order valence-electron chi connectivity index (χ3n) is 3.65. The fraction of sp³-hybridized carbons (Fsp3) is 0.500. The van der Waals surface area contributed by atoms with Crippen molar-refractivity contribution in [3.8, 4) is 0 Å².